The lowest BCUT2D eigenvalue weighted by Crippen LogP contribution is -2.80. The number of fused-ring (bicyclic) bond motifs is 1. The second-order valence-corrected chi connectivity index (χ2v) is 3.48. The number of aliphatic hydroxyl groups excluding tert-OH is 1. The van der Waals surface area contributed by atoms with Crippen molar-refractivity contribution in [1.82, 2.24) is 4.98 Å². The van der Waals surface area contributed by atoms with Crippen molar-refractivity contribution in [2.24, 2.45) is 0 Å². The first kappa shape index (κ1) is 9.24. The molecule has 0 saturated carbocycles. The molecule has 0 aliphatic rings. The minimum Gasteiger partial charge on any atom is -0.382 e. The Balaban J connectivity index is 2.33. The topological polar surface area (TPSA) is 52.6 Å². The zero-order chi connectivity index (χ0) is 9.97. The molecule has 0 spiro atoms. The number of aromatic amines is 1. The summed E-state index contributed by atoms with van der Waals surface area (Å²) >= 11 is 0. The van der Waals surface area contributed by atoms with Gasteiger partial charge < -0.3 is 15.4 Å². The normalized spacial score (nSPS) is 13.3. The fourth-order valence-corrected chi connectivity index (χ4v) is 1.63. The summed E-state index contributed by atoms with van der Waals surface area (Å²) in [7, 11) is 1.95. The van der Waals surface area contributed by atoms with E-state index in [4.69, 9.17) is 0 Å². The van der Waals surface area contributed by atoms with Crippen molar-refractivity contribution >= 4 is 10.9 Å². The van der Waals surface area contributed by atoms with Crippen LogP contribution in [0.2, 0.25) is 0 Å². The summed E-state index contributed by atoms with van der Waals surface area (Å²) in [5.41, 5.74) is 2.05. The number of aromatic nitrogens is 1. The van der Waals surface area contributed by atoms with Crippen LogP contribution in [0, 0.1) is 0 Å². The van der Waals surface area contributed by atoms with Crippen molar-refractivity contribution < 1.29 is 10.4 Å². The maximum Gasteiger partial charge on any atom is 0.128 e. The fourth-order valence-electron chi connectivity index (χ4n) is 1.63. The number of hydrogen-bond donors (Lipinski definition) is 3. The van der Waals surface area contributed by atoms with Crippen LogP contribution in [0.1, 0.15) is 11.7 Å². The molecule has 2 aromatic rings. The Kier molecular flexibility index (Phi) is 2.52. The van der Waals surface area contributed by atoms with Gasteiger partial charge in [-0.05, 0) is 23.1 Å². The Morgan fingerprint density at radius 3 is 3.07 bits per heavy atom. The molecule has 1 heterocycles. The molecule has 0 saturated heterocycles. The second-order valence-electron chi connectivity index (χ2n) is 3.48. The van der Waals surface area contributed by atoms with Crippen LogP contribution in [0.5, 0.6) is 0 Å². The highest BCUT2D eigenvalue weighted by Crippen LogP contribution is 2.18. The minimum absolute atomic E-state index is 0.382. The van der Waals surface area contributed by atoms with Crippen LogP contribution >= 0.6 is 0 Å². The van der Waals surface area contributed by atoms with Gasteiger partial charge in [-0.3, -0.25) is 0 Å². The molecule has 0 aliphatic carbocycles. The number of nitrogens with two attached hydrogens (primary N) is 1. The molecular weight excluding hydrogens is 176 g/mol. The van der Waals surface area contributed by atoms with E-state index in [2.05, 4.69) is 4.98 Å². The smallest absolute Gasteiger partial charge is 0.128 e. The molecule has 3 nitrogen and oxygen atoms in total. The van der Waals surface area contributed by atoms with Crippen LogP contribution in [-0.4, -0.2) is 23.7 Å². The third-order valence-electron chi connectivity index (χ3n) is 2.42. The summed E-state index contributed by atoms with van der Waals surface area (Å²) < 4.78 is 0. The zero-order valence-corrected chi connectivity index (χ0v) is 8.20. The lowest BCUT2D eigenvalue weighted by Gasteiger charge is -2.07. The van der Waals surface area contributed by atoms with E-state index in [1.54, 1.807) is 0 Å². The molecule has 1 aromatic heterocycles. The molecular formula is C11H15N2O+. The number of nitrogens with one attached hydrogen (secondary N) is 1. The number of hydrogen-bond acceptors (Lipinski definition) is 1. The van der Waals surface area contributed by atoms with Gasteiger partial charge in [0.1, 0.15) is 12.6 Å². The molecule has 0 amide bonds. The fraction of sp³-hybridized carbons (Fsp3) is 0.273. The van der Waals surface area contributed by atoms with Gasteiger partial charge in [-0.25, -0.2) is 0 Å². The highest BCUT2D eigenvalue weighted by atomic mass is 16.3. The Morgan fingerprint density at radius 1 is 1.43 bits per heavy atom. The van der Waals surface area contributed by atoms with E-state index in [1.165, 1.54) is 5.39 Å². The van der Waals surface area contributed by atoms with Gasteiger partial charge in [0.05, 0.1) is 7.05 Å². The van der Waals surface area contributed by atoms with Gasteiger partial charge >= 0.3 is 0 Å². The quantitative estimate of drug-likeness (QED) is 0.646. The number of quaternary nitrogens is 1. The van der Waals surface area contributed by atoms with Crippen molar-refractivity contribution in [1.29, 1.82) is 0 Å². The number of aliphatic hydroxyl groups is 1. The third kappa shape index (κ3) is 1.64. The van der Waals surface area contributed by atoms with Gasteiger partial charge in [0.2, 0.25) is 0 Å². The predicted molar refractivity (Wildman–Crippen MR) is 56.0 cm³/mol. The summed E-state index contributed by atoms with van der Waals surface area (Å²) in [5.74, 6) is 0. The standard InChI is InChI=1S/C11H14N2O/c1-12-7-11(14)9-3-2-8-4-5-13-10(8)6-9/h2-6,11-14H,7H2,1H3/p+1. The van der Waals surface area contributed by atoms with Gasteiger partial charge in [0.25, 0.3) is 0 Å². The highest BCUT2D eigenvalue weighted by Gasteiger charge is 2.08. The van der Waals surface area contributed by atoms with E-state index in [0.717, 1.165) is 11.1 Å². The van der Waals surface area contributed by atoms with Gasteiger partial charge in [-0.1, -0.05) is 12.1 Å². The second kappa shape index (κ2) is 3.82. The first-order valence-electron chi connectivity index (χ1n) is 4.84. The molecule has 2 rings (SSSR count). The molecule has 3 heteroatoms. The van der Waals surface area contributed by atoms with Crippen LogP contribution in [0.25, 0.3) is 10.9 Å². The Hall–Kier alpha value is -1.32. The highest BCUT2D eigenvalue weighted by molar-refractivity contribution is 5.79. The van der Waals surface area contributed by atoms with Gasteiger partial charge in [0.15, 0.2) is 0 Å². The summed E-state index contributed by atoms with van der Waals surface area (Å²) in [6.45, 7) is 0.701. The van der Waals surface area contributed by atoms with Crippen LogP contribution < -0.4 is 5.32 Å². The first-order valence-corrected chi connectivity index (χ1v) is 4.84. The number of likely N-dealkylation sites (N-methyl/N-ethyl adjacent to an activating group) is 1. The molecule has 1 unspecified atom stereocenters. The van der Waals surface area contributed by atoms with Crippen LogP contribution in [0.4, 0.5) is 0 Å². The Bertz CT molecular complexity index is 422. The van der Waals surface area contributed by atoms with E-state index < -0.39 is 0 Å². The summed E-state index contributed by atoms with van der Waals surface area (Å²) in [4.78, 5) is 3.14. The zero-order valence-electron chi connectivity index (χ0n) is 8.20. The SMILES string of the molecule is C[NH2+]CC(O)c1ccc2cc[nH]c2c1. The summed E-state index contributed by atoms with van der Waals surface area (Å²) in [5, 5.41) is 12.9. The van der Waals surface area contributed by atoms with Crippen LogP contribution in [-0.2, 0) is 0 Å². The van der Waals surface area contributed by atoms with Gasteiger partial charge in [-0.15, -0.1) is 0 Å². The van der Waals surface area contributed by atoms with E-state index in [9.17, 15) is 5.11 Å². The largest absolute Gasteiger partial charge is 0.382 e. The molecule has 1 aromatic carbocycles. The number of rotatable bonds is 3. The van der Waals surface area contributed by atoms with E-state index in [0.29, 0.717) is 6.54 Å². The molecule has 0 radical (unpaired) electrons. The maximum atomic E-state index is 9.77. The molecule has 1 atom stereocenters. The number of H-pyrrole nitrogens is 1. The average Bonchev–Trinajstić information content (AvgIpc) is 2.64. The predicted octanol–water partition coefficient (Wildman–Crippen LogP) is 0.395. The Morgan fingerprint density at radius 2 is 2.29 bits per heavy atom. The van der Waals surface area contributed by atoms with E-state index in [1.807, 2.05) is 42.8 Å². The molecule has 14 heavy (non-hydrogen) atoms. The average molecular weight is 191 g/mol. The van der Waals surface area contributed by atoms with Crippen molar-refractivity contribution in [3.63, 3.8) is 0 Å². The third-order valence-corrected chi connectivity index (χ3v) is 2.42. The van der Waals surface area contributed by atoms with Crippen molar-refractivity contribution in [2.75, 3.05) is 13.6 Å². The van der Waals surface area contributed by atoms with Crippen molar-refractivity contribution in [3.05, 3.63) is 36.0 Å². The molecule has 74 valence electrons. The lowest BCUT2D eigenvalue weighted by molar-refractivity contribution is -0.634. The van der Waals surface area contributed by atoms with Gasteiger partial charge in [-0.2, -0.15) is 0 Å². The molecule has 4 N–H and O–H groups in total. The number of benzene rings is 1. The van der Waals surface area contributed by atoms with Gasteiger partial charge in [0, 0.05) is 11.7 Å². The summed E-state index contributed by atoms with van der Waals surface area (Å²) in [6, 6.07) is 8.03. The van der Waals surface area contributed by atoms with E-state index in [-0.39, 0.29) is 6.10 Å². The maximum absolute atomic E-state index is 9.77. The van der Waals surface area contributed by atoms with Crippen molar-refractivity contribution in [2.45, 2.75) is 6.10 Å². The van der Waals surface area contributed by atoms with E-state index >= 15 is 0 Å². The van der Waals surface area contributed by atoms with Crippen LogP contribution in [0.15, 0.2) is 30.5 Å². The molecule has 0 fully saturated rings. The monoisotopic (exact) mass is 191 g/mol. The van der Waals surface area contributed by atoms with Crippen molar-refractivity contribution in [3.8, 4) is 0 Å². The molecule has 0 bridgehead atoms. The summed E-state index contributed by atoms with van der Waals surface area (Å²) in [6.07, 6.45) is 1.53. The Labute approximate surface area is 82.8 Å². The molecule has 0 aliphatic heterocycles. The first-order chi connectivity index (χ1) is 6.81. The minimum atomic E-state index is -0.382. The van der Waals surface area contributed by atoms with Crippen LogP contribution in [0.3, 0.4) is 0 Å². The lowest BCUT2D eigenvalue weighted by atomic mass is 10.1.